The van der Waals surface area contributed by atoms with Crippen molar-refractivity contribution in [3.8, 4) is 39.5 Å². The molecule has 4 nitrogen and oxygen atoms in total. The van der Waals surface area contributed by atoms with Crippen LogP contribution in [0.25, 0.3) is 87.9 Å². The molecule has 2 heterocycles. The number of benzene rings is 9. The summed E-state index contributed by atoms with van der Waals surface area (Å²) in [5.41, 5.74) is 11.3. The first-order valence-corrected chi connectivity index (χ1v) is 24.3. The van der Waals surface area contributed by atoms with Gasteiger partial charge in [-0.25, -0.2) is 4.98 Å². The van der Waals surface area contributed by atoms with Crippen LogP contribution in [0.4, 0.5) is 0 Å². The Balaban J connectivity index is 0.000000130. The third-order valence-electron chi connectivity index (χ3n) is 13.3. The number of nitrogens with zero attached hydrogens (tertiary/aromatic N) is 1. The molecule has 9 aromatic rings. The molecule has 1 N–H and O–H groups in total. The third-order valence-corrected chi connectivity index (χ3v) is 13.3. The molecular weight excluding hydrogens is 843 g/mol. The maximum absolute atomic E-state index is 11.9. The molecule has 0 spiro atoms. The first-order valence-electron chi connectivity index (χ1n) is 24.3. The molecule has 0 unspecified atom stereocenters. The zero-order chi connectivity index (χ0) is 48.7. The Bertz CT molecular complexity index is 3600. The number of aromatic nitrogens is 1. The van der Waals surface area contributed by atoms with E-state index in [0.717, 1.165) is 33.3 Å². The third kappa shape index (κ3) is 9.99. The molecular formula is C65H63NO3. The first-order chi connectivity index (χ1) is 32.9. The van der Waals surface area contributed by atoms with Gasteiger partial charge in [0.05, 0.1) is 11.2 Å². The van der Waals surface area contributed by atoms with Crippen molar-refractivity contribution in [1.82, 2.24) is 4.98 Å². The molecule has 1 aromatic heterocycles. The summed E-state index contributed by atoms with van der Waals surface area (Å²) in [6, 6.07) is 59.7. The van der Waals surface area contributed by atoms with Crippen LogP contribution in [0.15, 0.2) is 185 Å². The van der Waals surface area contributed by atoms with Crippen molar-refractivity contribution < 1.29 is 9.52 Å². The average Bonchev–Trinajstić information content (AvgIpc) is 3.32. The Hall–Kier alpha value is -7.30. The minimum atomic E-state index is -0.101. The van der Waals surface area contributed by atoms with E-state index in [4.69, 9.17) is 9.40 Å². The molecule has 0 amide bonds. The molecule has 0 saturated heterocycles. The van der Waals surface area contributed by atoms with Gasteiger partial charge in [0.2, 0.25) is 0 Å². The quantitative estimate of drug-likeness (QED) is 0.138. The highest BCUT2D eigenvalue weighted by molar-refractivity contribution is 6.23. The Labute approximate surface area is 407 Å². The predicted octanol–water partition coefficient (Wildman–Crippen LogP) is 17.7. The summed E-state index contributed by atoms with van der Waals surface area (Å²) in [5, 5.41) is 20.4. The molecule has 0 radical (unpaired) electrons. The van der Waals surface area contributed by atoms with Crippen LogP contribution < -0.4 is 5.43 Å². The number of fused-ring (bicyclic) bond motifs is 3. The Morgan fingerprint density at radius 1 is 0.522 bits per heavy atom. The monoisotopic (exact) mass is 905 g/mol. The van der Waals surface area contributed by atoms with Gasteiger partial charge in [0.1, 0.15) is 17.1 Å². The van der Waals surface area contributed by atoms with Gasteiger partial charge in [0.25, 0.3) is 0 Å². The molecule has 0 atom stereocenters. The fourth-order valence-electron chi connectivity index (χ4n) is 9.88. The number of aryl methyl sites for hydroxylation is 1. The highest BCUT2D eigenvalue weighted by Gasteiger charge is 2.24. The second-order valence-corrected chi connectivity index (χ2v) is 21.8. The van der Waals surface area contributed by atoms with Crippen molar-refractivity contribution in [2.45, 2.75) is 92.4 Å². The van der Waals surface area contributed by atoms with Crippen LogP contribution in [-0.2, 0) is 17.3 Å². The average molecular weight is 906 g/mol. The van der Waals surface area contributed by atoms with Crippen molar-refractivity contribution in [1.29, 1.82) is 0 Å². The van der Waals surface area contributed by atoms with Gasteiger partial charge < -0.3 is 9.52 Å². The lowest BCUT2D eigenvalue weighted by molar-refractivity contribution is 0.366. The van der Waals surface area contributed by atoms with Crippen molar-refractivity contribution in [3.63, 3.8) is 0 Å². The fourth-order valence-corrected chi connectivity index (χ4v) is 9.88. The van der Waals surface area contributed by atoms with Gasteiger partial charge in [-0.05, 0) is 126 Å². The summed E-state index contributed by atoms with van der Waals surface area (Å²) in [7, 11) is 0. The number of rotatable bonds is 5. The van der Waals surface area contributed by atoms with Crippen LogP contribution in [0, 0.1) is 5.41 Å². The van der Waals surface area contributed by atoms with Gasteiger partial charge in [-0.1, -0.05) is 190 Å². The predicted molar refractivity (Wildman–Crippen MR) is 293 cm³/mol. The second kappa shape index (κ2) is 18.7. The maximum atomic E-state index is 11.9. The maximum Gasteiger partial charge on any atom is 0.182 e. The standard InChI is InChI=1S/C23H20O3.C23H24.C19H19N/c1-23(2,3)19-7-5-4-6-16(19)22-17-10-8-14(24)12-20(17)26-21-13-15(25)9-11-18(21)22;1-23(2,3)15-5-8-16-9-10-19-12-11-17-6-4-7-18-13-14-20(16)22(19)21(17)18;1-19(2,3)16-13-18(14-9-5-4-6-10-14)20-17-12-8-7-11-15(16)17/h4-13,24H,1-3H3;4,6-7,9-14H,5,8,15H2,1-3H3;4-13H,1-3H3. The fraction of sp³-hybridized carbons (Fsp3) is 0.231. The van der Waals surface area contributed by atoms with E-state index in [2.05, 4.69) is 184 Å². The lowest BCUT2D eigenvalue weighted by Gasteiger charge is -2.25. The summed E-state index contributed by atoms with van der Waals surface area (Å²) in [5.74, 6) is 0.656. The largest absolute Gasteiger partial charge is 0.508 e. The van der Waals surface area contributed by atoms with Gasteiger partial charge in [-0.3, -0.25) is 4.79 Å². The van der Waals surface area contributed by atoms with E-state index in [1.807, 2.05) is 30.3 Å². The molecule has 11 rings (SSSR count). The van der Waals surface area contributed by atoms with Gasteiger partial charge in [-0.15, -0.1) is 0 Å². The lowest BCUT2D eigenvalue weighted by atomic mass is 9.80. The summed E-state index contributed by atoms with van der Waals surface area (Å²) >= 11 is 0. The molecule has 0 bridgehead atoms. The highest BCUT2D eigenvalue weighted by Crippen LogP contribution is 2.44. The van der Waals surface area contributed by atoms with Crippen molar-refractivity contribution >= 4 is 54.2 Å². The van der Waals surface area contributed by atoms with Crippen LogP contribution in [0.5, 0.6) is 5.75 Å². The minimum Gasteiger partial charge on any atom is -0.508 e. The van der Waals surface area contributed by atoms with E-state index < -0.39 is 0 Å². The first kappa shape index (κ1) is 46.8. The van der Waals surface area contributed by atoms with Crippen LogP contribution in [0.2, 0.25) is 0 Å². The number of hydrogen-bond acceptors (Lipinski definition) is 4. The van der Waals surface area contributed by atoms with E-state index in [9.17, 15) is 9.90 Å². The lowest BCUT2D eigenvalue weighted by Crippen LogP contribution is -2.13. The number of para-hydroxylation sites is 1. The number of phenols is 1. The van der Waals surface area contributed by atoms with Crippen LogP contribution >= 0.6 is 0 Å². The summed E-state index contributed by atoms with van der Waals surface area (Å²) in [6.07, 6.45) is 3.70. The van der Waals surface area contributed by atoms with Gasteiger partial charge in [0.15, 0.2) is 5.43 Å². The number of aromatic hydroxyl groups is 1. The van der Waals surface area contributed by atoms with Crippen molar-refractivity contribution in [3.05, 3.63) is 203 Å². The second-order valence-electron chi connectivity index (χ2n) is 21.8. The highest BCUT2D eigenvalue weighted by atomic mass is 16.3. The minimum absolute atomic E-state index is 0.0440. The summed E-state index contributed by atoms with van der Waals surface area (Å²) < 4.78 is 5.94. The topological polar surface area (TPSA) is 63.3 Å². The molecule has 69 heavy (non-hydrogen) atoms. The van der Waals surface area contributed by atoms with Crippen LogP contribution in [0.3, 0.4) is 0 Å². The van der Waals surface area contributed by atoms with E-state index in [1.54, 1.807) is 18.2 Å². The number of phenolic OH excluding ortho intramolecular Hbond substituents is 1. The Morgan fingerprint density at radius 2 is 1.16 bits per heavy atom. The van der Waals surface area contributed by atoms with Crippen LogP contribution in [0.1, 0.15) is 91.8 Å². The molecule has 0 fully saturated rings. The van der Waals surface area contributed by atoms with Crippen LogP contribution in [-0.4, -0.2) is 10.1 Å². The number of hydrogen-bond donors (Lipinski definition) is 1. The molecule has 4 heteroatoms. The SMILES string of the molecule is CC(C)(C)CCCc1ccc2ccc3cccc4ccc1c2c34.CC(C)(C)c1cc(-c2ccccc2)nc2ccccc12.CC(C)(C)c1ccccc1-c1c2ccc(=O)cc-2oc2cc(O)ccc12. The smallest absolute Gasteiger partial charge is 0.182 e. The molecule has 2 aliphatic rings. The Morgan fingerprint density at radius 3 is 1.88 bits per heavy atom. The Kier molecular flexibility index (Phi) is 12.6. The molecule has 0 saturated carbocycles. The molecule has 1 aliphatic carbocycles. The summed E-state index contributed by atoms with van der Waals surface area (Å²) in [6.45, 7) is 20.3. The van der Waals surface area contributed by atoms with Crippen molar-refractivity contribution in [2.24, 2.45) is 5.41 Å². The zero-order valence-electron chi connectivity index (χ0n) is 41.6. The van der Waals surface area contributed by atoms with Gasteiger partial charge in [0, 0.05) is 39.6 Å². The van der Waals surface area contributed by atoms with Gasteiger partial charge >= 0.3 is 0 Å². The molecule has 346 valence electrons. The summed E-state index contributed by atoms with van der Waals surface area (Å²) in [4.78, 5) is 16.7. The van der Waals surface area contributed by atoms with Gasteiger partial charge in [-0.2, -0.15) is 0 Å². The van der Waals surface area contributed by atoms with E-state index in [1.165, 1.54) is 85.3 Å². The zero-order valence-corrected chi connectivity index (χ0v) is 41.6. The van der Waals surface area contributed by atoms with E-state index in [0.29, 0.717) is 16.8 Å². The number of pyridine rings is 1. The molecule has 1 aliphatic heterocycles. The molecule has 8 aromatic carbocycles. The van der Waals surface area contributed by atoms with E-state index in [-0.39, 0.29) is 22.0 Å². The normalized spacial score (nSPS) is 12.1. The van der Waals surface area contributed by atoms with E-state index >= 15 is 0 Å². The van der Waals surface area contributed by atoms with Crippen molar-refractivity contribution in [2.75, 3.05) is 0 Å².